The summed E-state index contributed by atoms with van der Waals surface area (Å²) in [6.07, 6.45) is 1.72. The van der Waals surface area contributed by atoms with E-state index >= 15 is 0 Å². The molecular formula is C26H31N3O3S. The molecule has 1 aromatic heterocycles. The number of hydrogen-bond donors (Lipinski definition) is 0. The Kier molecular flexibility index (Phi) is 7.50. The molecule has 1 aliphatic heterocycles. The molecule has 174 valence electrons. The first kappa shape index (κ1) is 23.5. The fraction of sp³-hybridized carbons (Fsp3) is 0.423. The lowest BCUT2D eigenvalue weighted by Gasteiger charge is -2.30. The third kappa shape index (κ3) is 5.47. The molecule has 0 saturated heterocycles. The van der Waals surface area contributed by atoms with E-state index in [1.807, 2.05) is 56.0 Å². The number of thioether (sulfide) groups is 1. The summed E-state index contributed by atoms with van der Waals surface area (Å²) in [6.45, 7) is 8.32. The predicted molar refractivity (Wildman–Crippen MR) is 133 cm³/mol. The fourth-order valence-corrected chi connectivity index (χ4v) is 5.14. The highest BCUT2D eigenvalue weighted by molar-refractivity contribution is 8.00. The molecule has 0 N–H and O–H groups in total. The number of carbonyl (C=O) groups is 1. The average molecular weight is 466 g/mol. The lowest BCUT2D eigenvalue weighted by atomic mass is 10.00. The molecule has 1 unspecified atom stereocenters. The van der Waals surface area contributed by atoms with E-state index < -0.39 is 0 Å². The van der Waals surface area contributed by atoms with E-state index in [1.54, 1.807) is 10.6 Å². The van der Waals surface area contributed by atoms with Crippen molar-refractivity contribution >= 4 is 28.6 Å². The number of nitrogens with zero attached hydrogens (tertiary/aromatic N) is 3. The van der Waals surface area contributed by atoms with Crippen LogP contribution in [0.25, 0.3) is 10.9 Å². The third-order valence-electron chi connectivity index (χ3n) is 5.88. The van der Waals surface area contributed by atoms with Crippen LogP contribution in [-0.2, 0) is 29.0 Å². The number of amides is 1. The summed E-state index contributed by atoms with van der Waals surface area (Å²) in [5.74, 6) is 0.0756. The van der Waals surface area contributed by atoms with Crippen molar-refractivity contribution < 1.29 is 9.53 Å². The maximum absolute atomic E-state index is 13.3. The highest BCUT2D eigenvalue weighted by Gasteiger charge is 2.26. The Hall–Kier alpha value is -2.64. The van der Waals surface area contributed by atoms with Crippen LogP contribution in [0.1, 0.15) is 38.3 Å². The van der Waals surface area contributed by atoms with Gasteiger partial charge in [0.2, 0.25) is 5.91 Å². The second kappa shape index (κ2) is 10.5. The SMILES string of the molecule is CC(C)OCCCn1c(SC(C)C(=O)N2CCc3ccccc3C2)nc2ccccc2c1=O. The summed E-state index contributed by atoms with van der Waals surface area (Å²) < 4.78 is 7.36. The molecular weight excluding hydrogens is 434 g/mol. The van der Waals surface area contributed by atoms with Crippen molar-refractivity contribution in [3.05, 3.63) is 70.0 Å². The summed E-state index contributed by atoms with van der Waals surface area (Å²) in [5.41, 5.74) is 3.11. The van der Waals surface area contributed by atoms with E-state index in [1.165, 1.54) is 22.9 Å². The van der Waals surface area contributed by atoms with Gasteiger partial charge < -0.3 is 9.64 Å². The zero-order chi connectivity index (χ0) is 23.4. The predicted octanol–water partition coefficient (Wildman–Crippen LogP) is 4.28. The molecule has 33 heavy (non-hydrogen) atoms. The monoisotopic (exact) mass is 465 g/mol. The van der Waals surface area contributed by atoms with Gasteiger partial charge in [-0.05, 0) is 56.9 Å². The summed E-state index contributed by atoms with van der Waals surface area (Å²) >= 11 is 1.37. The zero-order valence-corrected chi connectivity index (χ0v) is 20.3. The van der Waals surface area contributed by atoms with Gasteiger partial charge in [0.25, 0.3) is 5.56 Å². The number of ether oxygens (including phenoxy) is 1. The summed E-state index contributed by atoms with van der Waals surface area (Å²) in [7, 11) is 0. The Morgan fingerprint density at radius 3 is 2.61 bits per heavy atom. The lowest BCUT2D eigenvalue weighted by Crippen LogP contribution is -2.40. The van der Waals surface area contributed by atoms with Gasteiger partial charge in [0.15, 0.2) is 5.16 Å². The van der Waals surface area contributed by atoms with Crippen LogP contribution in [0, 0.1) is 0 Å². The molecule has 0 radical (unpaired) electrons. The second-order valence-corrected chi connectivity index (χ2v) is 9.99. The van der Waals surface area contributed by atoms with Crippen LogP contribution in [0.3, 0.4) is 0 Å². The van der Waals surface area contributed by atoms with E-state index in [2.05, 4.69) is 12.1 Å². The number of aromatic nitrogens is 2. The summed E-state index contributed by atoms with van der Waals surface area (Å²) in [5, 5.41) is 0.834. The minimum absolute atomic E-state index is 0.0702. The van der Waals surface area contributed by atoms with Gasteiger partial charge in [-0.1, -0.05) is 48.2 Å². The number of rotatable bonds is 8. The minimum Gasteiger partial charge on any atom is -0.379 e. The highest BCUT2D eigenvalue weighted by Crippen LogP contribution is 2.26. The normalized spacial score (nSPS) is 14.5. The molecule has 1 aliphatic rings. The molecule has 0 saturated carbocycles. The van der Waals surface area contributed by atoms with Gasteiger partial charge in [0, 0.05) is 26.2 Å². The van der Waals surface area contributed by atoms with E-state index in [-0.39, 0.29) is 22.8 Å². The average Bonchev–Trinajstić information content (AvgIpc) is 2.82. The van der Waals surface area contributed by atoms with Crippen LogP contribution in [0.5, 0.6) is 0 Å². The van der Waals surface area contributed by atoms with Crippen LogP contribution < -0.4 is 5.56 Å². The van der Waals surface area contributed by atoms with Crippen molar-refractivity contribution in [3.8, 4) is 0 Å². The van der Waals surface area contributed by atoms with Crippen molar-refractivity contribution in [1.82, 2.24) is 14.5 Å². The second-order valence-electron chi connectivity index (χ2n) is 8.68. The molecule has 2 aromatic carbocycles. The number of fused-ring (bicyclic) bond motifs is 2. The first-order valence-corrected chi connectivity index (χ1v) is 12.5. The largest absolute Gasteiger partial charge is 0.379 e. The minimum atomic E-state index is -0.346. The molecule has 4 rings (SSSR count). The van der Waals surface area contributed by atoms with Crippen molar-refractivity contribution in [2.24, 2.45) is 0 Å². The molecule has 2 heterocycles. The Bertz CT molecular complexity index is 1190. The highest BCUT2D eigenvalue weighted by atomic mass is 32.2. The van der Waals surface area contributed by atoms with E-state index in [9.17, 15) is 9.59 Å². The van der Waals surface area contributed by atoms with Gasteiger partial charge in [-0.3, -0.25) is 14.2 Å². The maximum atomic E-state index is 13.3. The maximum Gasteiger partial charge on any atom is 0.262 e. The van der Waals surface area contributed by atoms with Gasteiger partial charge in [-0.2, -0.15) is 0 Å². The Balaban J connectivity index is 1.54. The molecule has 7 heteroatoms. The van der Waals surface area contributed by atoms with Crippen molar-refractivity contribution in [3.63, 3.8) is 0 Å². The number of hydrogen-bond acceptors (Lipinski definition) is 5. The van der Waals surface area contributed by atoms with Gasteiger partial charge in [-0.25, -0.2) is 4.98 Å². The van der Waals surface area contributed by atoms with Gasteiger partial charge in [-0.15, -0.1) is 0 Å². The smallest absolute Gasteiger partial charge is 0.262 e. The van der Waals surface area contributed by atoms with Crippen LogP contribution in [0.2, 0.25) is 0 Å². The van der Waals surface area contributed by atoms with Crippen molar-refractivity contribution in [2.75, 3.05) is 13.2 Å². The molecule has 0 aliphatic carbocycles. The molecule has 3 aromatic rings. The third-order valence-corrected chi connectivity index (χ3v) is 6.95. The molecule has 1 atom stereocenters. The summed E-state index contributed by atoms with van der Waals surface area (Å²) in [4.78, 5) is 33.2. The molecule has 0 bridgehead atoms. The quantitative estimate of drug-likeness (QED) is 0.282. The van der Waals surface area contributed by atoms with Crippen molar-refractivity contribution in [2.45, 2.75) is 63.2 Å². The summed E-state index contributed by atoms with van der Waals surface area (Å²) in [6, 6.07) is 15.7. The van der Waals surface area contributed by atoms with Gasteiger partial charge in [0.05, 0.1) is 22.3 Å². The Morgan fingerprint density at radius 2 is 1.82 bits per heavy atom. The first-order valence-electron chi connectivity index (χ1n) is 11.6. The van der Waals surface area contributed by atoms with E-state index in [0.717, 1.165) is 6.42 Å². The molecule has 0 fully saturated rings. The number of benzene rings is 2. The topological polar surface area (TPSA) is 64.4 Å². The molecule has 6 nitrogen and oxygen atoms in total. The number of carbonyl (C=O) groups excluding carboxylic acids is 1. The molecule has 0 spiro atoms. The van der Waals surface area contributed by atoms with Gasteiger partial charge >= 0.3 is 0 Å². The van der Waals surface area contributed by atoms with E-state index in [4.69, 9.17) is 9.72 Å². The van der Waals surface area contributed by atoms with Crippen molar-refractivity contribution in [1.29, 1.82) is 0 Å². The number of para-hydroxylation sites is 1. The fourth-order valence-electron chi connectivity index (χ4n) is 4.13. The van der Waals surface area contributed by atoms with Crippen LogP contribution in [0.4, 0.5) is 0 Å². The lowest BCUT2D eigenvalue weighted by molar-refractivity contribution is -0.131. The van der Waals surface area contributed by atoms with Crippen LogP contribution >= 0.6 is 11.8 Å². The van der Waals surface area contributed by atoms with E-state index in [0.29, 0.717) is 48.7 Å². The zero-order valence-electron chi connectivity index (χ0n) is 19.5. The Labute approximate surface area is 199 Å². The first-order chi connectivity index (χ1) is 15.9. The molecule has 1 amide bonds. The Morgan fingerprint density at radius 1 is 1.09 bits per heavy atom. The van der Waals surface area contributed by atoms with Crippen LogP contribution in [-0.4, -0.2) is 44.9 Å². The van der Waals surface area contributed by atoms with Gasteiger partial charge in [0.1, 0.15) is 0 Å². The van der Waals surface area contributed by atoms with Crippen LogP contribution in [0.15, 0.2) is 58.5 Å². The standard InChI is InChI=1S/C26H31N3O3S/c1-18(2)32-16-8-14-29-25(31)22-11-6-7-12-23(22)27-26(29)33-19(3)24(30)28-15-13-20-9-4-5-10-21(20)17-28/h4-7,9-12,18-19H,8,13-17H2,1-3H3.